The molecule has 8 heavy (non-hydrogen) atoms. The molecule has 0 spiro atoms. The van der Waals surface area contributed by atoms with E-state index < -0.39 is 0 Å². The zero-order valence-electron chi connectivity index (χ0n) is 5.08. The molecule has 1 radical (unpaired) electrons. The summed E-state index contributed by atoms with van der Waals surface area (Å²) in [6, 6.07) is 0. The first-order valence-electron chi connectivity index (χ1n) is 0. The van der Waals surface area contributed by atoms with E-state index in [9.17, 15) is 0 Å². The van der Waals surface area contributed by atoms with Gasteiger partial charge in [-0.2, -0.15) is 0 Å². The predicted octanol–water partition coefficient (Wildman–Crippen LogP) is -9.47. The van der Waals surface area contributed by atoms with E-state index in [1.54, 1.807) is 0 Å². The van der Waals surface area contributed by atoms with Crippen LogP contribution in [-0.2, 0) is 40.5 Å². The van der Waals surface area contributed by atoms with Crippen molar-refractivity contribution in [1.82, 2.24) is 0 Å². The van der Waals surface area contributed by atoms with E-state index in [-0.39, 0.29) is 97.0 Å². The van der Waals surface area contributed by atoms with Gasteiger partial charge in [-0.15, -0.1) is 0 Å². The van der Waals surface area contributed by atoms with Crippen molar-refractivity contribution in [3.05, 3.63) is 0 Å². The maximum atomic E-state index is 0. The molecule has 0 fully saturated rings. The summed E-state index contributed by atoms with van der Waals surface area (Å²) in [5, 5.41) is 0. The molecule has 8 heteroatoms. The van der Waals surface area contributed by atoms with Crippen LogP contribution in [0.3, 0.4) is 0 Å². The van der Waals surface area contributed by atoms with Crippen LogP contribution < -0.4 is 56.6 Å². The summed E-state index contributed by atoms with van der Waals surface area (Å²) in [7, 11) is 0. The van der Waals surface area contributed by atoms with Crippen molar-refractivity contribution in [2.24, 2.45) is 0 Å². The molecule has 0 aromatic carbocycles. The van der Waals surface area contributed by atoms with Crippen molar-refractivity contribution < 1.29 is 97.0 Å². The van der Waals surface area contributed by atoms with Crippen LogP contribution in [0.4, 0.5) is 0 Å². The first kappa shape index (κ1) is 177. The van der Waals surface area contributed by atoms with E-state index in [1.165, 1.54) is 0 Å². The van der Waals surface area contributed by atoms with Gasteiger partial charge in [0.2, 0.25) is 0 Å². The van der Waals surface area contributed by atoms with Crippen molar-refractivity contribution in [2.75, 3.05) is 0 Å². The number of hydrogen-bond donors (Lipinski definition) is 0. The Balaban J connectivity index is 0. The molecule has 0 aliphatic heterocycles. The maximum Gasteiger partial charge on any atom is 1.00 e. The Labute approximate surface area is 96.2 Å². The summed E-state index contributed by atoms with van der Waals surface area (Å²) < 4.78 is 0. The molecule has 0 N–H and O–H groups in total. The van der Waals surface area contributed by atoms with E-state index in [0.29, 0.717) is 0 Å². The third-order valence-corrected chi connectivity index (χ3v) is 0. The summed E-state index contributed by atoms with van der Waals surface area (Å²) in [4.78, 5) is 0. The smallest absolute Gasteiger partial charge is 1.00 e. The molecule has 0 aromatic heterocycles. The molecule has 0 saturated heterocycles. The summed E-state index contributed by atoms with van der Waals surface area (Å²) >= 11 is 0. The molecule has 0 amide bonds. The standard InChI is InChI=1S/3Li.4O.V/q3*+1;4*-2;. The van der Waals surface area contributed by atoms with Gasteiger partial charge in [0.05, 0.1) is 0 Å². The average Bonchev–Trinajstić information content (AvgIpc) is 0. The number of hydrogen-bond acceptors (Lipinski definition) is 0. The van der Waals surface area contributed by atoms with Gasteiger partial charge in [-0.1, -0.05) is 0 Å². The Morgan fingerprint density at radius 1 is 0.375 bits per heavy atom. The van der Waals surface area contributed by atoms with Gasteiger partial charge >= 0.3 is 56.6 Å². The van der Waals surface area contributed by atoms with Gasteiger partial charge in [-0.25, -0.2) is 0 Å². The Kier molecular flexibility index (Phi) is 2800. The molecule has 0 saturated carbocycles. The minimum absolute atomic E-state index is 0. The molecular weight excluding hydrogens is 136 g/mol. The largest absolute Gasteiger partial charge is 2.00 e. The molecule has 0 aliphatic carbocycles. The second kappa shape index (κ2) is 127. The van der Waals surface area contributed by atoms with Crippen molar-refractivity contribution in [1.29, 1.82) is 0 Å². The molecule has 0 aromatic rings. The minimum atomic E-state index is 0. The van der Waals surface area contributed by atoms with E-state index in [0.717, 1.165) is 0 Å². The molecule has 0 heterocycles. The van der Waals surface area contributed by atoms with Crippen LogP contribution in [-0.4, -0.2) is 0 Å². The molecule has 0 atom stereocenters. The number of rotatable bonds is 0. The zero-order chi connectivity index (χ0) is 0. The fourth-order valence-corrected chi connectivity index (χ4v) is 0. The maximum absolute atomic E-state index is 0. The van der Waals surface area contributed by atoms with Gasteiger partial charge in [-0.3, -0.25) is 0 Å². The summed E-state index contributed by atoms with van der Waals surface area (Å²) in [6.45, 7) is 0. The Morgan fingerprint density at radius 2 is 0.375 bits per heavy atom. The quantitative estimate of drug-likeness (QED) is 0.294. The fraction of sp³-hybridized carbons (Fsp3) is 0. The molecule has 37 valence electrons. The van der Waals surface area contributed by atoms with Crippen molar-refractivity contribution in [3.63, 3.8) is 0 Å². The Hall–Kier alpha value is 2.22. The molecule has 0 bridgehead atoms. The van der Waals surface area contributed by atoms with Crippen molar-refractivity contribution in [3.8, 4) is 0 Å². The second-order valence-corrected chi connectivity index (χ2v) is 0. The normalized spacial score (nSPS) is 0. The van der Waals surface area contributed by atoms with E-state index in [2.05, 4.69) is 0 Å². The van der Waals surface area contributed by atoms with Gasteiger partial charge in [-0.05, 0) is 0 Å². The SMILES string of the molecule is [Li+].[Li+].[Li+].[O-2].[O-2].[O-2].[O-2].[V]. The summed E-state index contributed by atoms with van der Waals surface area (Å²) in [5.74, 6) is 0. The van der Waals surface area contributed by atoms with Crippen LogP contribution in [0.25, 0.3) is 0 Å². The summed E-state index contributed by atoms with van der Waals surface area (Å²) in [6.07, 6.45) is 0. The van der Waals surface area contributed by atoms with Gasteiger partial charge < -0.3 is 21.9 Å². The van der Waals surface area contributed by atoms with Gasteiger partial charge in [0.15, 0.2) is 0 Å². The molecular formula is Li3O4V-5. The van der Waals surface area contributed by atoms with Crippen molar-refractivity contribution >= 4 is 0 Å². The van der Waals surface area contributed by atoms with Crippen LogP contribution in [0.1, 0.15) is 0 Å². The van der Waals surface area contributed by atoms with Gasteiger partial charge in [0.25, 0.3) is 0 Å². The van der Waals surface area contributed by atoms with E-state index in [4.69, 9.17) is 0 Å². The fourth-order valence-electron chi connectivity index (χ4n) is 0. The second-order valence-electron chi connectivity index (χ2n) is 0. The molecule has 0 aliphatic rings. The predicted molar refractivity (Wildman–Crippen MR) is 2.75 cm³/mol. The Morgan fingerprint density at radius 3 is 0.375 bits per heavy atom. The van der Waals surface area contributed by atoms with Crippen LogP contribution in [0, 0.1) is 0 Å². The van der Waals surface area contributed by atoms with E-state index >= 15 is 0 Å². The summed E-state index contributed by atoms with van der Waals surface area (Å²) in [5.41, 5.74) is 0. The van der Waals surface area contributed by atoms with Crippen LogP contribution in [0.15, 0.2) is 0 Å². The van der Waals surface area contributed by atoms with Crippen LogP contribution in [0.5, 0.6) is 0 Å². The zero-order valence-corrected chi connectivity index (χ0v) is 6.48. The van der Waals surface area contributed by atoms with E-state index in [1.807, 2.05) is 0 Å². The molecule has 0 rings (SSSR count). The Bertz CT molecular complexity index is 11.2. The van der Waals surface area contributed by atoms with Gasteiger partial charge in [0, 0.05) is 18.6 Å². The monoisotopic (exact) mass is 136 g/mol. The van der Waals surface area contributed by atoms with Crippen LogP contribution in [0.2, 0.25) is 0 Å². The van der Waals surface area contributed by atoms with Crippen LogP contribution >= 0.6 is 0 Å². The topological polar surface area (TPSA) is 114 Å². The first-order valence-corrected chi connectivity index (χ1v) is 0. The van der Waals surface area contributed by atoms with Crippen molar-refractivity contribution in [2.45, 2.75) is 0 Å². The third-order valence-electron chi connectivity index (χ3n) is 0. The molecule has 4 nitrogen and oxygen atoms in total. The third kappa shape index (κ3) is 87.1. The first-order chi connectivity index (χ1) is 0. The molecule has 0 unspecified atom stereocenters. The van der Waals surface area contributed by atoms with Gasteiger partial charge in [0.1, 0.15) is 0 Å². The average molecular weight is 136 g/mol. The minimum Gasteiger partial charge on any atom is -2.00 e.